The summed E-state index contributed by atoms with van der Waals surface area (Å²) in [5.74, 6) is 1.25. The van der Waals surface area contributed by atoms with E-state index in [0.29, 0.717) is 18.9 Å². The molecule has 2 aromatic rings. The number of aryl methyl sites for hydroxylation is 1. The third-order valence-electron chi connectivity index (χ3n) is 2.37. The lowest BCUT2D eigenvalue weighted by atomic mass is 10.4. The highest BCUT2D eigenvalue weighted by Gasteiger charge is 2.08. The van der Waals surface area contributed by atoms with Gasteiger partial charge in [-0.05, 0) is 25.4 Å². The van der Waals surface area contributed by atoms with E-state index in [1.54, 1.807) is 6.33 Å². The van der Waals surface area contributed by atoms with Gasteiger partial charge in [0.25, 0.3) is 0 Å². The van der Waals surface area contributed by atoms with Crippen LogP contribution in [0.1, 0.15) is 19.7 Å². The summed E-state index contributed by atoms with van der Waals surface area (Å²) in [6.45, 7) is 4.38. The molecule has 2 heterocycles. The first-order valence-electron chi connectivity index (χ1n) is 6.19. The molecule has 0 fully saturated rings. The molecule has 0 aromatic carbocycles. The average Bonchev–Trinajstić information content (AvgIpc) is 2.73. The molecule has 2 aromatic heterocycles. The maximum atomic E-state index is 5.83. The molecule has 0 bridgehead atoms. The third kappa shape index (κ3) is 4.02. The Morgan fingerprint density at radius 3 is 2.80 bits per heavy atom. The first-order chi connectivity index (χ1) is 9.54. The summed E-state index contributed by atoms with van der Waals surface area (Å²) < 4.78 is 7.25. The molecule has 108 valence electrons. The minimum Gasteiger partial charge on any atom is -0.461 e. The molecule has 0 aliphatic heterocycles. The van der Waals surface area contributed by atoms with Crippen LogP contribution in [0.2, 0.25) is 5.28 Å². The number of aromatic nitrogens is 6. The Morgan fingerprint density at radius 1 is 1.35 bits per heavy atom. The van der Waals surface area contributed by atoms with Crippen molar-refractivity contribution in [2.45, 2.75) is 26.4 Å². The molecule has 0 aliphatic rings. The van der Waals surface area contributed by atoms with Gasteiger partial charge < -0.3 is 14.6 Å². The quantitative estimate of drug-likeness (QED) is 0.853. The highest BCUT2D eigenvalue weighted by Crippen LogP contribution is 2.12. The molecule has 0 aliphatic carbocycles. The van der Waals surface area contributed by atoms with E-state index in [1.807, 2.05) is 25.5 Å². The van der Waals surface area contributed by atoms with Gasteiger partial charge in [0.1, 0.15) is 12.2 Å². The second-order valence-electron chi connectivity index (χ2n) is 4.41. The van der Waals surface area contributed by atoms with Crippen molar-refractivity contribution in [2.75, 3.05) is 11.9 Å². The van der Waals surface area contributed by atoms with E-state index in [-0.39, 0.29) is 17.4 Å². The summed E-state index contributed by atoms with van der Waals surface area (Å²) in [6, 6.07) is 0.209. The van der Waals surface area contributed by atoms with E-state index >= 15 is 0 Å². The van der Waals surface area contributed by atoms with Crippen molar-refractivity contribution in [3.63, 3.8) is 0 Å². The third-order valence-corrected chi connectivity index (χ3v) is 2.53. The van der Waals surface area contributed by atoms with Gasteiger partial charge in [-0.25, -0.2) is 0 Å². The highest BCUT2D eigenvalue weighted by atomic mass is 35.5. The molecule has 0 atom stereocenters. The molecule has 0 spiro atoms. The smallest absolute Gasteiger partial charge is 0.322 e. The van der Waals surface area contributed by atoms with Gasteiger partial charge in [-0.3, -0.25) is 0 Å². The Hall–Kier alpha value is -1.96. The molecule has 2 rings (SSSR count). The summed E-state index contributed by atoms with van der Waals surface area (Å²) in [4.78, 5) is 12.0. The van der Waals surface area contributed by atoms with E-state index in [4.69, 9.17) is 16.3 Å². The topological polar surface area (TPSA) is 90.6 Å². The van der Waals surface area contributed by atoms with E-state index in [9.17, 15) is 0 Å². The van der Waals surface area contributed by atoms with Crippen LogP contribution in [0.5, 0.6) is 6.01 Å². The summed E-state index contributed by atoms with van der Waals surface area (Å²) in [7, 11) is 1.89. The molecule has 0 unspecified atom stereocenters. The van der Waals surface area contributed by atoms with Crippen LogP contribution < -0.4 is 10.1 Å². The van der Waals surface area contributed by atoms with Crippen LogP contribution in [-0.4, -0.2) is 42.4 Å². The Balaban J connectivity index is 1.95. The second-order valence-corrected chi connectivity index (χ2v) is 4.75. The van der Waals surface area contributed by atoms with Crippen LogP contribution in [0.3, 0.4) is 0 Å². The van der Waals surface area contributed by atoms with Crippen LogP contribution in [0.25, 0.3) is 0 Å². The lowest BCUT2D eigenvalue weighted by Crippen LogP contribution is -2.13. The van der Waals surface area contributed by atoms with Crippen molar-refractivity contribution in [2.24, 2.45) is 7.05 Å². The van der Waals surface area contributed by atoms with Crippen LogP contribution in [0.4, 0.5) is 5.95 Å². The van der Waals surface area contributed by atoms with Gasteiger partial charge in [0, 0.05) is 20.0 Å². The van der Waals surface area contributed by atoms with E-state index in [2.05, 4.69) is 30.5 Å². The van der Waals surface area contributed by atoms with Crippen molar-refractivity contribution in [3.8, 4) is 6.01 Å². The number of nitrogens with zero attached hydrogens (tertiary/aromatic N) is 6. The number of halogens is 1. The van der Waals surface area contributed by atoms with Gasteiger partial charge in [0.05, 0.1) is 6.10 Å². The van der Waals surface area contributed by atoms with Crippen molar-refractivity contribution < 1.29 is 4.74 Å². The number of ether oxygens (including phenoxy) is 1. The van der Waals surface area contributed by atoms with Gasteiger partial charge in [0.15, 0.2) is 0 Å². The summed E-state index contributed by atoms with van der Waals surface area (Å²) in [5, 5.41) is 11.0. The van der Waals surface area contributed by atoms with Crippen molar-refractivity contribution >= 4 is 17.5 Å². The molecule has 20 heavy (non-hydrogen) atoms. The number of nitrogens with one attached hydrogen (secondary N) is 1. The zero-order valence-electron chi connectivity index (χ0n) is 11.5. The predicted molar refractivity (Wildman–Crippen MR) is 73.8 cm³/mol. The zero-order chi connectivity index (χ0) is 14.5. The zero-order valence-corrected chi connectivity index (χ0v) is 12.3. The molecule has 0 saturated carbocycles. The molecular weight excluding hydrogens is 282 g/mol. The van der Waals surface area contributed by atoms with Crippen LogP contribution >= 0.6 is 11.6 Å². The minimum absolute atomic E-state index is 0.0278. The van der Waals surface area contributed by atoms with Gasteiger partial charge in [-0.1, -0.05) is 0 Å². The molecule has 0 radical (unpaired) electrons. The first-order valence-corrected chi connectivity index (χ1v) is 6.57. The fraction of sp³-hybridized carbons (Fsp3) is 0.545. The largest absolute Gasteiger partial charge is 0.461 e. The van der Waals surface area contributed by atoms with Gasteiger partial charge >= 0.3 is 6.01 Å². The maximum absolute atomic E-state index is 5.83. The lowest BCUT2D eigenvalue weighted by Gasteiger charge is -2.09. The van der Waals surface area contributed by atoms with E-state index in [1.165, 1.54) is 0 Å². The molecule has 1 N–H and O–H groups in total. The first kappa shape index (κ1) is 14.4. The summed E-state index contributed by atoms with van der Waals surface area (Å²) in [5.41, 5.74) is 0. The summed E-state index contributed by atoms with van der Waals surface area (Å²) in [6.07, 6.45) is 2.32. The number of hydrogen-bond donors (Lipinski definition) is 1. The Kier molecular flexibility index (Phi) is 4.67. The van der Waals surface area contributed by atoms with Crippen molar-refractivity contribution in [3.05, 3.63) is 17.4 Å². The second kappa shape index (κ2) is 6.47. The van der Waals surface area contributed by atoms with Crippen LogP contribution in [0, 0.1) is 0 Å². The van der Waals surface area contributed by atoms with Gasteiger partial charge in [-0.15, -0.1) is 10.2 Å². The molecule has 0 amide bonds. The van der Waals surface area contributed by atoms with Crippen molar-refractivity contribution in [1.82, 2.24) is 29.7 Å². The van der Waals surface area contributed by atoms with E-state index in [0.717, 1.165) is 5.82 Å². The fourth-order valence-corrected chi connectivity index (χ4v) is 1.65. The van der Waals surface area contributed by atoms with Crippen molar-refractivity contribution in [1.29, 1.82) is 0 Å². The van der Waals surface area contributed by atoms with Gasteiger partial charge in [-0.2, -0.15) is 15.0 Å². The molecule has 8 nitrogen and oxygen atoms in total. The standard InChI is InChI=1S/C11H16ClN7O/c1-7(2)20-11-16-9(12)15-10(17-11)13-5-4-8-18-14-6-19(8)3/h6-7H,4-5H2,1-3H3,(H,13,15,16,17). The summed E-state index contributed by atoms with van der Waals surface area (Å²) >= 11 is 5.83. The molecule has 9 heteroatoms. The Morgan fingerprint density at radius 2 is 2.15 bits per heavy atom. The molecule has 0 saturated heterocycles. The number of hydrogen-bond acceptors (Lipinski definition) is 7. The normalized spacial score (nSPS) is 10.8. The van der Waals surface area contributed by atoms with Crippen LogP contribution in [0.15, 0.2) is 6.33 Å². The lowest BCUT2D eigenvalue weighted by molar-refractivity contribution is 0.222. The number of rotatable bonds is 6. The highest BCUT2D eigenvalue weighted by molar-refractivity contribution is 6.28. The maximum Gasteiger partial charge on any atom is 0.322 e. The van der Waals surface area contributed by atoms with Gasteiger partial charge in [0.2, 0.25) is 11.2 Å². The predicted octanol–water partition coefficient (Wildman–Crippen LogP) is 1.10. The Labute approximate surface area is 121 Å². The van der Waals surface area contributed by atoms with E-state index < -0.39 is 0 Å². The average molecular weight is 298 g/mol. The SMILES string of the molecule is CC(C)Oc1nc(Cl)nc(NCCc2nncn2C)n1. The monoisotopic (exact) mass is 297 g/mol. The molecular formula is C11H16ClN7O. The fourth-order valence-electron chi connectivity index (χ4n) is 1.49. The Bertz CT molecular complexity index is 572. The minimum atomic E-state index is -0.0278. The van der Waals surface area contributed by atoms with Crippen LogP contribution in [-0.2, 0) is 13.5 Å². The number of anilines is 1.